The van der Waals surface area contributed by atoms with Crippen LogP contribution in [0.25, 0.3) is 11.3 Å². The average molecular weight is 426 g/mol. The average Bonchev–Trinajstić information content (AvgIpc) is 2.85. The maximum absolute atomic E-state index is 12.5. The van der Waals surface area contributed by atoms with E-state index in [9.17, 15) is 4.79 Å². The minimum Gasteiger partial charge on any atom is -0.495 e. The quantitative estimate of drug-likeness (QED) is 0.452. The van der Waals surface area contributed by atoms with Crippen LogP contribution in [0.4, 0.5) is 11.5 Å². The lowest BCUT2D eigenvalue weighted by Gasteiger charge is -2.15. The van der Waals surface area contributed by atoms with Crippen molar-refractivity contribution in [2.24, 2.45) is 0 Å². The molecule has 1 atom stereocenters. The van der Waals surface area contributed by atoms with Crippen LogP contribution in [0, 0.1) is 0 Å². The predicted octanol–water partition coefficient (Wildman–Crippen LogP) is 4.37. The van der Waals surface area contributed by atoms with Gasteiger partial charge in [0, 0.05) is 30.4 Å². The molecule has 0 fully saturated rings. The van der Waals surface area contributed by atoms with Crippen molar-refractivity contribution in [1.29, 1.82) is 0 Å². The Labute approximate surface area is 185 Å². The molecule has 0 aliphatic rings. The summed E-state index contributed by atoms with van der Waals surface area (Å²) in [5.74, 6) is 0.898. The molecule has 0 radical (unpaired) electrons. The van der Waals surface area contributed by atoms with Crippen molar-refractivity contribution in [1.82, 2.24) is 19.9 Å². The molecule has 160 valence electrons. The summed E-state index contributed by atoms with van der Waals surface area (Å²) in [7, 11) is 1.55. The first-order valence-corrected chi connectivity index (χ1v) is 10.0. The summed E-state index contributed by atoms with van der Waals surface area (Å²) in [6.45, 7) is 2.04. The lowest BCUT2D eigenvalue weighted by atomic mass is 10.1. The van der Waals surface area contributed by atoms with Crippen molar-refractivity contribution in [3.63, 3.8) is 0 Å². The fraction of sp³-hybridized carbons (Fsp3) is 0.125. The summed E-state index contributed by atoms with van der Waals surface area (Å²) in [6, 6.07) is 12.8. The van der Waals surface area contributed by atoms with Crippen LogP contribution >= 0.6 is 0 Å². The zero-order chi connectivity index (χ0) is 22.3. The van der Waals surface area contributed by atoms with E-state index in [2.05, 4.69) is 30.6 Å². The zero-order valence-electron chi connectivity index (χ0n) is 17.7. The van der Waals surface area contributed by atoms with Crippen molar-refractivity contribution in [3.8, 4) is 17.0 Å². The minimum absolute atomic E-state index is 0.0212. The number of ether oxygens (including phenoxy) is 1. The maximum atomic E-state index is 12.5. The number of hydrogen-bond acceptors (Lipinski definition) is 7. The number of rotatable bonds is 7. The number of aromatic nitrogens is 4. The van der Waals surface area contributed by atoms with Gasteiger partial charge in [-0.2, -0.15) is 0 Å². The Morgan fingerprint density at radius 2 is 1.78 bits per heavy atom. The topological polar surface area (TPSA) is 102 Å². The Balaban J connectivity index is 1.54. The number of anilines is 2. The molecule has 3 aromatic heterocycles. The van der Waals surface area contributed by atoms with E-state index < -0.39 is 0 Å². The fourth-order valence-corrected chi connectivity index (χ4v) is 3.16. The summed E-state index contributed by atoms with van der Waals surface area (Å²) < 4.78 is 5.50. The van der Waals surface area contributed by atoms with Crippen LogP contribution in [0.15, 0.2) is 79.6 Å². The summed E-state index contributed by atoms with van der Waals surface area (Å²) in [6.07, 6.45) is 10.0. The first-order valence-electron chi connectivity index (χ1n) is 10.0. The number of carbonyl (C=O) groups is 1. The fourth-order valence-electron chi connectivity index (χ4n) is 3.16. The highest BCUT2D eigenvalue weighted by Gasteiger charge is 2.13. The van der Waals surface area contributed by atoms with Crippen LogP contribution in [0.2, 0.25) is 0 Å². The highest BCUT2D eigenvalue weighted by atomic mass is 16.5. The van der Waals surface area contributed by atoms with Crippen LogP contribution in [0.3, 0.4) is 0 Å². The van der Waals surface area contributed by atoms with E-state index in [-0.39, 0.29) is 11.9 Å². The van der Waals surface area contributed by atoms with Crippen LogP contribution in [-0.2, 0) is 0 Å². The van der Waals surface area contributed by atoms with Crippen LogP contribution in [0.5, 0.6) is 5.75 Å². The van der Waals surface area contributed by atoms with E-state index in [4.69, 9.17) is 4.74 Å². The molecular weight excluding hydrogens is 404 g/mol. The molecule has 1 amide bonds. The summed E-state index contributed by atoms with van der Waals surface area (Å²) in [4.78, 5) is 29.6. The second-order valence-corrected chi connectivity index (χ2v) is 7.05. The first kappa shape index (κ1) is 20.9. The lowest BCUT2D eigenvalue weighted by molar-refractivity contribution is 0.102. The standard InChI is InChI=1S/C24H22N6O2/c1-16(18-5-3-9-25-12-18)28-23-15-27-14-21(29-23)17-7-8-20(22(11-17)32-2)30-24(31)19-6-4-10-26-13-19/h3-16H,1-2H3,(H,28,29)(H,30,31). The molecule has 0 aliphatic heterocycles. The van der Waals surface area contributed by atoms with Gasteiger partial charge in [-0.15, -0.1) is 0 Å². The Kier molecular flexibility index (Phi) is 6.31. The van der Waals surface area contributed by atoms with Gasteiger partial charge in [-0.3, -0.25) is 19.7 Å². The largest absolute Gasteiger partial charge is 0.495 e. The number of nitrogens with zero attached hydrogens (tertiary/aromatic N) is 4. The van der Waals surface area contributed by atoms with Gasteiger partial charge in [0.2, 0.25) is 0 Å². The molecule has 1 aromatic carbocycles. The Morgan fingerprint density at radius 3 is 2.50 bits per heavy atom. The van der Waals surface area contributed by atoms with Crippen molar-refractivity contribution in [3.05, 3.63) is 90.8 Å². The Bertz CT molecular complexity index is 1200. The van der Waals surface area contributed by atoms with Gasteiger partial charge >= 0.3 is 0 Å². The normalized spacial score (nSPS) is 11.4. The van der Waals surface area contributed by atoms with Crippen molar-refractivity contribution < 1.29 is 9.53 Å². The molecule has 8 nitrogen and oxygen atoms in total. The summed E-state index contributed by atoms with van der Waals surface area (Å²) in [5.41, 5.74) is 3.56. The second-order valence-electron chi connectivity index (χ2n) is 7.05. The van der Waals surface area contributed by atoms with Gasteiger partial charge in [0.15, 0.2) is 0 Å². The second kappa shape index (κ2) is 9.65. The molecule has 32 heavy (non-hydrogen) atoms. The van der Waals surface area contributed by atoms with E-state index >= 15 is 0 Å². The molecule has 1 unspecified atom stereocenters. The predicted molar refractivity (Wildman–Crippen MR) is 122 cm³/mol. The third-order valence-corrected chi connectivity index (χ3v) is 4.85. The first-order chi connectivity index (χ1) is 15.6. The number of carbonyl (C=O) groups excluding carboxylic acids is 1. The van der Waals surface area contributed by atoms with Gasteiger partial charge < -0.3 is 15.4 Å². The van der Waals surface area contributed by atoms with E-state index in [1.807, 2.05) is 37.4 Å². The molecule has 8 heteroatoms. The van der Waals surface area contributed by atoms with E-state index in [1.54, 1.807) is 50.1 Å². The van der Waals surface area contributed by atoms with Crippen molar-refractivity contribution >= 4 is 17.4 Å². The minimum atomic E-state index is -0.264. The van der Waals surface area contributed by atoms with Gasteiger partial charge in [-0.1, -0.05) is 12.1 Å². The van der Waals surface area contributed by atoms with Gasteiger partial charge in [-0.05, 0) is 42.8 Å². The molecular formula is C24H22N6O2. The molecule has 0 bridgehead atoms. The number of methoxy groups -OCH3 is 1. The van der Waals surface area contributed by atoms with E-state index in [0.717, 1.165) is 11.1 Å². The molecule has 3 heterocycles. The third-order valence-electron chi connectivity index (χ3n) is 4.85. The third kappa shape index (κ3) is 4.86. The van der Waals surface area contributed by atoms with E-state index in [0.29, 0.717) is 28.5 Å². The lowest BCUT2D eigenvalue weighted by Crippen LogP contribution is -2.12. The Morgan fingerprint density at radius 1 is 0.969 bits per heavy atom. The molecule has 0 aliphatic carbocycles. The van der Waals surface area contributed by atoms with Gasteiger partial charge in [0.1, 0.15) is 11.6 Å². The number of amides is 1. The molecule has 0 saturated carbocycles. The number of nitrogens with one attached hydrogen (secondary N) is 2. The molecule has 0 saturated heterocycles. The molecule has 4 aromatic rings. The number of benzene rings is 1. The van der Waals surface area contributed by atoms with Crippen LogP contribution in [-0.4, -0.2) is 33.0 Å². The van der Waals surface area contributed by atoms with Gasteiger partial charge in [0.25, 0.3) is 5.91 Å². The van der Waals surface area contributed by atoms with Crippen molar-refractivity contribution in [2.75, 3.05) is 17.7 Å². The number of pyridine rings is 2. The zero-order valence-corrected chi connectivity index (χ0v) is 17.7. The smallest absolute Gasteiger partial charge is 0.257 e. The van der Waals surface area contributed by atoms with E-state index in [1.165, 1.54) is 6.20 Å². The Hall–Kier alpha value is -4.33. The monoisotopic (exact) mass is 426 g/mol. The summed E-state index contributed by atoms with van der Waals surface area (Å²) in [5, 5.41) is 6.20. The molecule has 4 rings (SSSR count). The SMILES string of the molecule is COc1cc(-c2cncc(NC(C)c3cccnc3)n2)ccc1NC(=O)c1cccnc1. The van der Waals surface area contributed by atoms with Gasteiger partial charge in [-0.25, -0.2) is 4.98 Å². The maximum Gasteiger partial charge on any atom is 0.257 e. The molecule has 2 N–H and O–H groups in total. The summed E-state index contributed by atoms with van der Waals surface area (Å²) >= 11 is 0. The number of hydrogen-bond donors (Lipinski definition) is 2. The van der Waals surface area contributed by atoms with Crippen LogP contribution < -0.4 is 15.4 Å². The van der Waals surface area contributed by atoms with Crippen molar-refractivity contribution in [2.45, 2.75) is 13.0 Å². The molecule has 0 spiro atoms. The van der Waals surface area contributed by atoms with Gasteiger partial charge in [0.05, 0.1) is 42.5 Å². The highest BCUT2D eigenvalue weighted by Crippen LogP contribution is 2.31. The highest BCUT2D eigenvalue weighted by molar-refractivity contribution is 6.05. The van der Waals surface area contributed by atoms with Crippen LogP contribution in [0.1, 0.15) is 28.9 Å².